The van der Waals surface area contributed by atoms with Gasteiger partial charge in [-0.15, -0.1) is 0 Å². The van der Waals surface area contributed by atoms with Gasteiger partial charge in [0.2, 0.25) is 0 Å². The van der Waals surface area contributed by atoms with E-state index < -0.39 is 0 Å². The SMILES string of the molecule is CCc1nn(C)cc1CNC(C)CC1CC1. The lowest BCUT2D eigenvalue weighted by atomic mass is 10.1. The van der Waals surface area contributed by atoms with Gasteiger partial charge in [0, 0.05) is 31.4 Å². The summed E-state index contributed by atoms with van der Waals surface area (Å²) in [6.45, 7) is 5.42. The maximum Gasteiger partial charge on any atom is 0.0666 e. The summed E-state index contributed by atoms with van der Waals surface area (Å²) in [6, 6.07) is 0.636. The van der Waals surface area contributed by atoms with E-state index in [-0.39, 0.29) is 0 Å². The smallest absolute Gasteiger partial charge is 0.0666 e. The predicted molar refractivity (Wildman–Crippen MR) is 66.2 cm³/mol. The van der Waals surface area contributed by atoms with Gasteiger partial charge in [0.1, 0.15) is 0 Å². The van der Waals surface area contributed by atoms with E-state index in [4.69, 9.17) is 0 Å². The quantitative estimate of drug-likeness (QED) is 0.798. The molecule has 0 saturated heterocycles. The molecule has 1 aliphatic rings. The first kappa shape index (κ1) is 11.6. The molecule has 0 radical (unpaired) electrons. The highest BCUT2D eigenvalue weighted by atomic mass is 15.3. The van der Waals surface area contributed by atoms with Crippen LogP contribution in [-0.4, -0.2) is 15.8 Å². The van der Waals surface area contributed by atoms with E-state index in [0.717, 1.165) is 18.9 Å². The molecule has 0 aliphatic heterocycles. The van der Waals surface area contributed by atoms with Gasteiger partial charge in [-0.1, -0.05) is 19.8 Å². The third kappa shape index (κ3) is 3.08. The van der Waals surface area contributed by atoms with Gasteiger partial charge in [0.15, 0.2) is 0 Å². The topological polar surface area (TPSA) is 29.9 Å². The summed E-state index contributed by atoms with van der Waals surface area (Å²) in [5.41, 5.74) is 2.58. The predicted octanol–water partition coefficient (Wildman–Crippen LogP) is 2.26. The van der Waals surface area contributed by atoms with E-state index in [1.807, 2.05) is 11.7 Å². The van der Waals surface area contributed by atoms with Crippen LogP contribution < -0.4 is 5.32 Å². The average molecular weight is 221 g/mol. The Hall–Kier alpha value is -0.830. The molecule has 1 atom stereocenters. The molecule has 1 aromatic heterocycles. The fourth-order valence-corrected chi connectivity index (χ4v) is 2.25. The average Bonchev–Trinajstić information content (AvgIpc) is 2.97. The molecular weight excluding hydrogens is 198 g/mol. The molecule has 0 spiro atoms. The van der Waals surface area contributed by atoms with E-state index in [9.17, 15) is 0 Å². The van der Waals surface area contributed by atoms with Crippen LogP contribution in [0.5, 0.6) is 0 Å². The van der Waals surface area contributed by atoms with Crippen molar-refractivity contribution in [1.82, 2.24) is 15.1 Å². The van der Waals surface area contributed by atoms with Crippen molar-refractivity contribution in [2.75, 3.05) is 0 Å². The standard InChI is InChI=1S/C13H23N3/c1-4-13-12(9-16(3)15-13)8-14-10(2)7-11-5-6-11/h9-11,14H,4-8H2,1-3H3. The number of aromatic nitrogens is 2. The first-order valence-electron chi connectivity index (χ1n) is 6.43. The number of nitrogens with zero attached hydrogens (tertiary/aromatic N) is 2. The molecule has 1 unspecified atom stereocenters. The number of hydrogen-bond donors (Lipinski definition) is 1. The molecule has 16 heavy (non-hydrogen) atoms. The first-order valence-corrected chi connectivity index (χ1v) is 6.43. The van der Waals surface area contributed by atoms with Crippen molar-refractivity contribution in [3.63, 3.8) is 0 Å². The van der Waals surface area contributed by atoms with Crippen LogP contribution in [0.4, 0.5) is 0 Å². The van der Waals surface area contributed by atoms with Gasteiger partial charge in [-0.3, -0.25) is 4.68 Å². The Kier molecular flexibility index (Phi) is 3.64. The van der Waals surface area contributed by atoms with Crippen LogP contribution in [0.25, 0.3) is 0 Å². The van der Waals surface area contributed by atoms with E-state index in [2.05, 4.69) is 30.5 Å². The molecule has 1 aromatic rings. The van der Waals surface area contributed by atoms with Crippen molar-refractivity contribution in [1.29, 1.82) is 0 Å². The van der Waals surface area contributed by atoms with Gasteiger partial charge in [0.25, 0.3) is 0 Å². The Morgan fingerprint density at radius 3 is 2.94 bits per heavy atom. The summed E-state index contributed by atoms with van der Waals surface area (Å²) in [4.78, 5) is 0. The fourth-order valence-electron chi connectivity index (χ4n) is 2.25. The highest BCUT2D eigenvalue weighted by Gasteiger charge is 2.23. The number of aryl methyl sites for hydroxylation is 2. The monoisotopic (exact) mass is 221 g/mol. The molecule has 1 aliphatic carbocycles. The minimum atomic E-state index is 0.636. The van der Waals surface area contributed by atoms with Gasteiger partial charge < -0.3 is 5.32 Å². The Morgan fingerprint density at radius 2 is 2.31 bits per heavy atom. The largest absolute Gasteiger partial charge is 0.310 e. The highest BCUT2D eigenvalue weighted by Crippen LogP contribution is 2.33. The second kappa shape index (κ2) is 5.00. The van der Waals surface area contributed by atoms with Crippen molar-refractivity contribution in [3.8, 4) is 0 Å². The van der Waals surface area contributed by atoms with Crippen LogP contribution in [0.3, 0.4) is 0 Å². The molecule has 90 valence electrons. The van der Waals surface area contributed by atoms with Gasteiger partial charge in [-0.25, -0.2) is 0 Å². The molecule has 0 aromatic carbocycles. The van der Waals surface area contributed by atoms with Gasteiger partial charge >= 0.3 is 0 Å². The summed E-state index contributed by atoms with van der Waals surface area (Å²) >= 11 is 0. The van der Waals surface area contributed by atoms with Crippen LogP contribution in [0, 0.1) is 5.92 Å². The van der Waals surface area contributed by atoms with Crippen molar-refractivity contribution in [2.45, 2.75) is 52.1 Å². The van der Waals surface area contributed by atoms with E-state index in [0.29, 0.717) is 6.04 Å². The van der Waals surface area contributed by atoms with Gasteiger partial charge in [-0.05, 0) is 25.7 Å². The highest BCUT2D eigenvalue weighted by molar-refractivity contribution is 5.16. The van der Waals surface area contributed by atoms with Crippen LogP contribution in [0.15, 0.2) is 6.20 Å². The minimum Gasteiger partial charge on any atom is -0.310 e. The summed E-state index contributed by atoms with van der Waals surface area (Å²) < 4.78 is 1.92. The molecule has 3 heteroatoms. The van der Waals surface area contributed by atoms with E-state index in [1.165, 1.54) is 30.5 Å². The number of rotatable bonds is 6. The fraction of sp³-hybridized carbons (Fsp3) is 0.769. The molecular formula is C13H23N3. The summed E-state index contributed by atoms with van der Waals surface area (Å²) in [5.74, 6) is 1.00. The zero-order valence-electron chi connectivity index (χ0n) is 10.7. The van der Waals surface area contributed by atoms with Crippen molar-refractivity contribution in [2.24, 2.45) is 13.0 Å². The normalized spacial score (nSPS) is 17.7. The molecule has 1 heterocycles. The van der Waals surface area contributed by atoms with Crippen molar-refractivity contribution >= 4 is 0 Å². The zero-order valence-corrected chi connectivity index (χ0v) is 10.7. The lowest BCUT2D eigenvalue weighted by molar-refractivity contribution is 0.486. The number of hydrogen-bond acceptors (Lipinski definition) is 2. The second-order valence-corrected chi connectivity index (χ2v) is 5.09. The molecule has 1 N–H and O–H groups in total. The Balaban J connectivity index is 1.82. The maximum absolute atomic E-state index is 4.46. The second-order valence-electron chi connectivity index (χ2n) is 5.09. The van der Waals surface area contributed by atoms with Crippen LogP contribution >= 0.6 is 0 Å². The lowest BCUT2D eigenvalue weighted by Gasteiger charge is -2.12. The summed E-state index contributed by atoms with van der Waals surface area (Å²) in [5, 5.41) is 8.06. The third-order valence-corrected chi connectivity index (χ3v) is 3.35. The van der Waals surface area contributed by atoms with Gasteiger partial charge in [-0.2, -0.15) is 5.10 Å². The molecule has 0 amide bonds. The molecule has 1 saturated carbocycles. The van der Waals surface area contributed by atoms with Crippen LogP contribution in [0.2, 0.25) is 0 Å². The van der Waals surface area contributed by atoms with Crippen molar-refractivity contribution in [3.05, 3.63) is 17.5 Å². The maximum atomic E-state index is 4.46. The van der Waals surface area contributed by atoms with Crippen LogP contribution in [0.1, 0.15) is 44.4 Å². The number of nitrogens with one attached hydrogen (secondary N) is 1. The third-order valence-electron chi connectivity index (χ3n) is 3.35. The van der Waals surface area contributed by atoms with E-state index >= 15 is 0 Å². The molecule has 2 rings (SSSR count). The minimum absolute atomic E-state index is 0.636. The summed E-state index contributed by atoms with van der Waals surface area (Å²) in [6.07, 6.45) is 7.38. The zero-order chi connectivity index (χ0) is 11.5. The van der Waals surface area contributed by atoms with Gasteiger partial charge in [0.05, 0.1) is 5.69 Å². The van der Waals surface area contributed by atoms with Crippen molar-refractivity contribution < 1.29 is 0 Å². The first-order chi connectivity index (χ1) is 7.69. The summed E-state index contributed by atoms with van der Waals surface area (Å²) in [7, 11) is 2.00. The Labute approximate surface area is 98.2 Å². The molecule has 3 nitrogen and oxygen atoms in total. The van der Waals surface area contributed by atoms with E-state index in [1.54, 1.807) is 0 Å². The Morgan fingerprint density at radius 1 is 1.56 bits per heavy atom. The molecule has 1 fully saturated rings. The lowest BCUT2D eigenvalue weighted by Crippen LogP contribution is -2.26. The van der Waals surface area contributed by atoms with Crippen LogP contribution in [-0.2, 0) is 20.0 Å². The Bertz CT molecular complexity index is 339. The molecule has 0 bridgehead atoms.